The number of hydrogen-bond acceptors (Lipinski definition) is 4. The van der Waals surface area contributed by atoms with Gasteiger partial charge in [0.25, 0.3) is 5.91 Å². The van der Waals surface area contributed by atoms with Crippen molar-refractivity contribution >= 4 is 38.3 Å². The van der Waals surface area contributed by atoms with Gasteiger partial charge in [-0.2, -0.15) is 4.31 Å². The van der Waals surface area contributed by atoms with Crippen LogP contribution in [0, 0.1) is 0 Å². The number of carbonyl (C=O) groups is 2. The minimum absolute atomic E-state index is 0.146. The molecule has 8 heteroatoms. The van der Waals surface area contributed by atoms with Crippen molar-refractivity contribution in [3.63, 3.8) is 0 Å². The molecule has 1 fully saturated rings. The number of carbonyl (C=O) groups excluding carboxylic acids is 2. The monoisotopic (exact) mass is 437 g/mol. The van der Waals surface area contributed by atoms with E-state index in [1.54, 1.807) is 24.3 Å². The Bertz CT molecular complexity index is 1230. The SMILES string of the molecule is O=C(CNC(=O)c1ccc2ccccc2c1)Nc1cccc(S(=O)(=O)N2CCCC2)c1. The molecule has 1 aliphatic heterocycles. The van der Waals surface area contributed by atoms with Gasteiger partial charge in [-0.1, -0.05) is 36.4 Å². The molecule has 3 aromatic rings. The Morgan fingerprint density at radius 2 is 1.61 bits per heavy atom. The van der Waals surface area contributed by atoms with Crippen LogP contribution < -0.4 is 10.6 Å². The Morgan fingerprint density at radius 3 is 2.39 bits per heavy atom. The van der Waals surface area contributed by atoms with E-state index < -0.39 is 15.9 Å². The second-order valence-electron chi connectivity index (χ2n) is 7.43. The molecule has 0 unspecified atom stereocenters. The largest absolute Gasteiger partial charge is 0.343 e. The summed E-state index contributed by atoms with van der Waals surface area (Å²) >= 11 is 0. The first-order valence-corrected chi connectivity index (χ1v) is 11.5. The van der Waals surface area contributed by atoms with Crippen molar-refractivity contribution in [2.75, 3.05) is 25.0 Å². The number of anilines is 1. The quantitative estimate of drug-likeness (QED) is 0.620. The van der Waals surface area contributed by atoms with Crippen LogP contribution in [0.3, 0.4) is 0 Å². The molecule has 2 amide bonds. The lowest BCUT2D eigenvalue weighted by atomic mass is 10.1. The minimum Gasteiger partial charge on any atom is -0.343 e. The maximum Gasteiger partial charge on any atom is 0.251 e. The van der Waals surface area contributed by atoms with Gasteiger partial charge in [0.05, 0.1) is 11.4 Å². The molecule has 0 spiro atoms. The molecule has 0 atom stereocenters. The van der Waals surface area contributed by atoms with E-state index in [9.17, 15) is 18.0 Å². The van der Waals surface area contributed by atoms with Crippen LogP contribution in [-0.2, 0) is 14.8 Å². The third-order valence-electron chi connectivity index (χ3n) is 5.24. The van der Waals surface area contributed by atoms with Crippen LogP contribution in [0.15, 0.2) is 71.6 Å². The number of amides is 2. The molecule has 160 valence electrons. The van der Waals surface area contributed by atoms with Gasteiger partial charge in [0.2, 0.25) is 15.9 Å². The van der Waals surface area contributed by atoms with Crippen LogP contribution in [-0.4, -0.2) is 44.2 Å². The van der Waals surface area contributed by atoms with E-state index in [4.69, 9.17) is 0 Å². The molecular formula is C23H23N3O4S. The highest BCUT2D eigenvalue weighted by Crippen LogP contribution is 2.23. The predicted molar refractivity (Wildman–Crippen MR) is 119 cm³/mol. The maximum absolute atomic E-state index is 12.7. The molecule has 0 saturated carbocycles. The zero-order valence-corrected chi connectivity index (χ0v) is 17.7. The zero-order valence-electron chi connectivity index (χ0n) is 16.9. The Hall–Kier alpha value is -3.23. The molecule has 4 rings (SSSR count). The molecule has 1 aliphatic rings. The van der Waals surface area contributed by atoms with Gasteiger partial charge in [-0.15, -0.1) is 0 Å². The van der Waals surface area contributed by atoms with E-state index >= 15 is 0 Å². The Kier molecular flexibility index (Phi) is 6.01. The summed E-state index contributed by atoms with van der Waals surface area (Å²) in [6, 6.07) is 19.2. The van der Waals surface area contributed by atoms with Crippen LogP contribution in [0.1, 0.15) is 23.2 Å². The molecule has 1 heterocycles. The van der Waals surface area contributed by atoms with Crippen molar-refractivity contribution in [2.24, 2.45) is 0 Å². The van der Waals surface area contributed by atoms with Gasteiger partial charge in [0.1, 0.15) is 0 Å². The molecule has 0 aromatic heterocycles. The molecular weight excluding hydrogens is 414 g/mol. The van der Waals surface area contributed by atoms with E-state index in [0.717, 1.165) is 23.6 Å². The van der Waals surface area contributed by atoms with Crippen LogP contribution in [0.2, 0.25) is 0 Å². The number of rotatable bonds is 6. The predicted octanol–water partition coefficient (Wildman–Crippen LogP) is 2.99. The summed E-state index contributed by atoms with van der Waals surface area (Å²) in [5.74, 6) is -0.795. The van der Waals surface area contributed by atoms with Crippen molar-refractivity contribution in [3.05, 3.63) is 72.3 Å². The molecule has 2 N–H and O–H groups in total. The fourth-order valence-electron chi connectivity index (χ4n) is 3.61. The number of nitrogens with one attached hydrogen (secondary N) is 2. The number of sulfonamides is 1. The van der Waals surface area contributed by atoms with Crippen molar-refractivity contribution in [2.45, 2.75) is 17.7 Å². The standard InChI is InChI=1S/C23H23N3O4S/c27-22(16-24-23(28)19-11-10-17-6-1-2-7-18(17)14-19)25-20-8-5-9-21(15-20)31(29,30)26-12-3-4-13-26/h1-2,5-11,14-15H,3-4,12-13,16H2,(H,24,28)(H,25,27). The van der Waals surface area contributed by atoms with Crippen molar-refractivity contribution in [3.8, 4) is 0 Å². The van der Waals surface area contributed by atoms with Gasteiger partial charge < -0.3 is 10.6 Å². The van der Waals surface area contributed by atoms with Crippen LogP contribution in [0.5, 0.6) is 0 Å². The summed E-state index contributed by atoms with van der Waals surface area (Å²) in [4.78, 5) is 24.8. The highest BCUT2D eigenvalue weighted by molar-refractivity contribution is 7.89. The van der Waals surface area contributed by atoms with E-state index in [2.05, 4.69) is 10.6 Å². The molecule has 0 bridgehead atoms. The first kappa shape index (κ1) is 21.0. The Balaban J connectivity index is 1.38. The fourth-order valence-corrected chi connectivity index (χ4v) is 5.17. The van der Waals surface area contributed by atoms with E-state index in [-0.39, 0.29) is 17.3 Å². The van der Waals surface area contributed by atoms with E-state index in [1.807, 2.05) is 30.3 Å². The fraction of sp³-hybridized carbons (Fsp3) is 0.217. The molecule has 0 aliphatic carbocycles. The average molecular weight is 438 g/mol. The normalized spacial score (nSPS) is 14.5. The van der Waals surface area contributed by atoms with Gasteiger partial charge in [-0.05, 0) is 53.9 Å². The van der Waals surface area contributed by atoms with Crippen LogP contribution >= 0.6 is 0 Å². The first-order chi connectivity index (χ1) is 14.9. The van der Waals surface area contributed by atoms with Crippen molar-refractivity contribution in [1.82, 2.24) is 9.62 Å². The summed E-state index contributed by atoms with van der Waals surface area (Å²) in [5, 5.41) is 7.21. The maximum atomic E-state index is 12.7. The lowest BCUT2D eigenvalue weighted by Crippen LogP contribution is -2.33. The van der Waals surface area contributed by atoms with Crippen molar-refractivity contribution in [1.29, 1.82) is 0 Å². The molecule has 7 nitrogen and oxygen atoms in total. The summed E-state index contributed by atoms with van der Waals surface area (Å²) in [6.07, 6.45) is 1.71. The van der Waals surface area contributed by atoms with Gasteiger partial charge >= 0.3 is 0 Å². The second-order valence-corrected chi connectivity index (χ2v) is 9.37. The highest BCUT2D eigenvalue weighted by atomic mass is 32.2. The smallest absolute Gasteiger partial charge is 0.251 e. The lowest BCUT2D eigenvalue weighted by Gasteiger charge is -2.16. The zero-order chi connectivity index (χ0) is 21.8. The summed E-state index contributed by atoms with van der Waals surface area (Å²) in [6.45, 7) is 0.800. The Labute approximate surface area is 181 Å². The van der Waals surface area contributed by atoms with Gasteiger partial charge in [-0.25, -0.2) is 8.42 Å². The van der Waals surface area contributed by atoms with Crippen LogP contribution in [0.4, 0.5) is 5.69 Å². The van der Waals surface area contributed by atoms with Gasteiger partial charge in [-0.3, -0.25) is 9.59 Å². The van der Waals surface area contributed by atoms with Gasteiger partial charge in [0.15, 0.2) is 0 Å². The highest BCUT2D eigenvalue weighted by Gasteiger charge is 2.27. The average Bonchev–Trinajstić information content (AvgIpc) is 3.33. The van der Waals surface area contributed by atoms with Crippen molar-refractivity contribution < 1.29 is 18.0 Å². The summed E-state index contributed by atoms with van der Waals surface area (Å²) < 4.78 is 26.8. The number of fused-ring (bicyclic) bond motifs is 1. The number of hydrogen-bond donors (Lipinski definition) is 2. The third-order valence-corrected chi connectivity index (χ3v) is 7.14. The van der Waals surface area contributed by atoms with Crippen LogP contribution in [0.25, 0.3) is 10.8 Å². The minimum atomic E-state index is -3.56. The molecule has 0 radical (unpaired) electrons. The third kappa shape index (κ3) is 4.76. The summed E-state index contributed by atoms with van der Waals surface area (Å²) in [7, 11) is -3.56. The first-order valence-electron chi connectivity index (χ1n) is 10.1. The molecule has 1 saturated heterocycles. The summed E-state index contributed by atoms with van der Waals surface area (Å²) in [5.41, 5.74) is 0.829. The molecule has 31 heavy (non-hydrogen) atoms. The lowest BCUT2D eigenvalue weighted by molar-refractivity contribution is -0.115. The van der Waals surface area contributed by atoms with E-state index in [1.165, 1.54) is 16.4 Å². The molecule has 3 aromatic carbocycles. The second kappa shape index (κ2) is 8.87. The number of nitrogens with zero attached hydrogens (tertiary/aromatic N) is 1. The van der Waals surface area contributed by atoms with Gasteiger partial charge in [0, 0.05) is 24.3 Å². The van der Waals surface area contributed by atoms with E-state index in [0.29, 0.717) is 24.3 Å². The Morgan fingerprint density at radius 1 is 0.871 bits per heavy atom. The topological polar surface area (TPSA) is 95.6 Å². The number of benzene rings is 3.